The van der Waals surface area contributed by atoms with E-state index in [1.807, 2.05) is 23.1 Å². The van der Waals surface area contributed by atoms with Crippen LogP contribution < -0.4 is 10.5 Å². The van der Waals surface area contributed by atoms with Crippen LogP contribution in [0.4, 0.5) is 0 Å². The van der Waals surface area contributed by atoms with Gasteiger partial charge in [0, 0.05) is 18.7 Å². The number of carbonyl (C=O) groups is 1. The van der Waals surface area contributed by atoms with Crippen molar-refractivity contribution in [2.75, 3.05) is 13.1 Å². The van der Waals surface area contributed by atoms with Crippen LogP contribution in [0.5, 0.6) is 5.75 Å². The molecule has 0 aromatic heterocycles. The van der Waals surface area contributed by atoms with Gasteiger partial charge in [-0.05, 0) is 31.9 Å². The van der Waals surface area contributed by atoms with E-state index in [0.29, 0.717) is 10.7 Å². The van der Waals surface area contributed by atoms with Crippen LogP contribution in [0.2, 0.25) is 0 Å². The maximum atomic E-state index is 12.4. The summed E-state index contributed by atoms with van der Waals surface area (Å²) in [7, 11) is 0. The number of nitrogens with two attached hydrogens (primary N) is 1. The molecule has 2 rings (SSSR count). The van der Waals surface area contributed by atoms with Crippen LogP contribution in [-0.2, 0) is 4.79 Å². The monoisotopic (exact) mass is 306 g/mol. The first-order chi connectivity index (χ1) is 10.1. The van der Waals surface area contributed by atoms with E-state index < -0.39 is 6.10 Å². The first kappa shape index (κ1) is 15.8. The summed E-state index contributed by atoms with van der Waals surface area (Å²) in [6, 6.07) is 7.24. The number of benzene rings is 1. The lowest BCUT2D eigenvalue weighted by atomic mass is 10.2. The molecule has 4 nitrogen and oxygen atoms in total. The second-order valence-corrected chi connectivity index (χ2v) is 5.83. The molecule has 2 N–H and O–H groups in total. The summed E-state index contributed by atoms with van der Waals surface area (Å²) in [6.07, 6.45) is 4.07. The number of thiocarbonyl (C=S) groups is 1. The minimum Gasteiger partial charge on any atom is -0.481 e. The molecule has 114 valence electrons. The number of amides is 1. The zero-order chi connectivity index (χ0) is 15.2. The van der Waals surface area contributed by atoms with Crippen LogP contribution in [-0.4, -0.2) is 35.0 Å². The molecule has 1 aromatic rings. The molecular weight excluding hydrogens is 284 g/mol. The van der Waals surface area contributed by atoms with Gasteiger partial charge in [-0.3, -0.25) is 4.79 Å². The highest BCUT2D eigenvalue weighted by Gasteiger charge is 2.22. The maximum Gasteiger partial charge on any atom is 0.263 e. The SMILES string of the molecule is CC(Oc1cccc(C(N)=S)c1)C(=O)N1CCCCCC1. The number of ether oxygens (including phenoxy) is 1. The van der Waals surface area contributed by atoms with Gasteiger partial charge in [0.2, 0.25) is 0 Å². The second-order valence-electron chi connectivity index (χ2n) is 5.39. The van der Waals surface area contributed by atoms with E-state index in [0.717, 1.165) is 31.5 Å². The molecule has 1 aliphatic heterocycles. The number of hydrogen-bond donors (Lipinski definition) is 1. The standard InChI is InChI=1S/C16H22N2O2S/c1-12(16(19)18-9-4-2-3-5-10-18)20-14-8-6-7-13(11-14)15(17)21/h6-8,11-12H,2-5,9-10H2,1H3,(H2,17,21). The van der Waals surface area contributed by atoms with E-state index in [-0.39, 0.29) is 5.91 Å². The first-order valence-electron chi connectivity index (χ1n) is 7.43. The molecule has 1 atom stereocenters. The lowest BCUT2D eigenvalue weighted by molar-refractivity contribution is -0.137. The normalized spacial score (nSPS) is 16.9. The summed E-state index contributed by atoms with van der Waals surface area (Å²) in [6.45, 7) is 3.46. The molecule has 1 fully saturated rings. The molecule has 5 heteroatoms. The van der Waals surface area contributed by atoms with Crippen LogP contribution in [0.15, 0.2) is 24.3 Å². The summed E-state index contributed by atoms with van der Waals surface area (Å²) >= 11 is 4.95. The summed E-state index contributed by atoms with van der Waals surface area (Å²) in [4.78, 5) is 14.7. The average molecular weight is 306 g/mol. The third-order valence-corrected chi connectivity index (χ3v) is 3.93. The third-order valence-electron chi connectivity index (χ3n) is 3.70. The number of hydrogen-bond acceptors (Lipinski definition) is 3. The smallest absolute Gasteiger partial charge is 0.263 e. The topological polar surface area (TPSA) is 55.6 Å². The highest BCUT2D eigenvalue weighted by Crippen LogP contribution is 2.17. The van der Waals surface area contributed by atoms with Crippen LogP contribution in [0.3, 0.4) is 0 Å². The number of likely N-dealkylation sites (tertiary alicyclic amines) is 1. The van der Waals surface area contributed by atoms with Crippen molar-refractivity contribution < 1.29 is 9.53 Å². The van der Waals surface area contributed by atoms with Crippen LogP contribution in [0.25, 0.3) is 0 Å². The van der Waals surface area contributed by atoms with E-state index in [1.54, 1.807) is 13.0 Å². The Morgan fingerprint density at radius 1 is 1.29 bits per heavy atom. The Balaban J connectivity index is 1.99. The predicted molar refractivity (Wildman–Crippen MR) is 87.5 cm³/mol. The van der Waals surface area contributed by atoms with Gasteiger partial charge < -0.3 is 15.4 Å². The fourth-order valence-electron chi connectivity index (χ4n) is 2.53. The van der Waals surface area contributed by atoms with Crippen molar-refractivity contribution in [3.63, 3.8) is 0 Å². The Bertz CT molecular complexity index is 511. The molecule has 0 aliphatic carbocycles. The van der Waals surface area contributed by atoms with Gasteiger partial charge in [-0.15, -0.1) is 0 Å². The van der Waals surface area contributed by atoms with Crippen molar-refractivity contribution >= 4 is 23.1 Å². The van der Waals surface area contributed by atoms with Gasteiger partial charge in [-0.25, -0.2) is 0 Å². The molecule has 0 saturated carbocycles. The second kappa shape index (κ2) is 7.41. The zero-order valence-electron chi connectivity index (χ0n) is 12.4. The fraction of sp³-hybridized carbons (Fsp3) is 0.500. The molecule has 1 unspecified atom stereocenters. The first-order valence-corrected chi connectivity index (χ1v) is 7.84. The lowest BCUT2D eigenvalue weighted by Crippen LogP contribution is -2.41. The van der Waals surface area contributed by atoms with Crippen molar-refractivity contribution in [2.45, 2.75) is 38.7 Å². The Kier molecular flexibility index (Phi) is 5.56. The molecule has 21 heavy (non-hydrogen) atoms. The van der Waals surface area contributed by atoms with Crippen LogP contribution in [0.1, 0.15) is 38.2 Å². The molecular formula is C16H22N2O2S. The van der Waals surface area contributed by atoms with Gasteiger partial charge in [-0.1, -0.05) is 37.2 Å². The number of nitrogens with zero attached hydrogens (tertiary/aromatic N) is 1. The van der Waals surface area contributed by atoms with Crippen molar-refractivity contribution in [3.05, 3.63) is 29.8 Å². The summed E-state index contributed by atoms with van der Waals surface area (Å²) in [5.41, 5.74) is 6.36. The molecule has 1 saturated heterocycles. The van der Waals surface area contributed by atoms with Gasteiger partial charge in [0.15, 0.2) is 6.10 Å². The molecule has 1 aliphatic rings. The molecule has 0 spiro atoms. The van der Waals surface area contributed by atoms with Crippen molar-refractivity contribution in [3.8, 4) is 5.75 Å². The summed E-state index contributed by atoms with van der Waals surface area (Å²) in [5.74, 6) is 0.675. The maximum absolute atomic E-state index is 12.4. The molecule has 1 amide bonds. The molecule has 0 radical (unpaired) electrons. The van der Waals surface area contributed by atoms with Gasteiger partial charge >= 0.3 is 0 Å². The highest BCUT2D eigenvalue weighted by atomic mass is 32.1. The van der Waals surface area contributed by atoms with E-state index in [4.69, 9.17) is 22.7 Å². The lowest BCUT2D eigenvalue weighted by Gasteiger charge is -2.24. The van der Waals surface area contributed by atoms with Gasteiger partial charge in [-0.2, -0.15) is 0 Å². The minimum atomic E-state index is -0.496. The average Bonchev–Trinajstić information content (AvgIpc) is 2.75. The zero-order valence-corrected chi connectivity index (χ0v) is 13.2. The van der Waals surface area contributed by atoms with Crippen molar-refractivity contribution in [2.24, 2.45) is 5.73 Å². The highest BCUT2D eigenvalue weighted by molar-refractivity contribution is 7.80. The molecule has 1 heterocycles. The summed E-state index contributed by atoms with van der Waals surface area (Å²) in [5, 5.41) is 0. The Labute approximate surface area is 131 Å². The van der Waals surface area contributed by atoms with Crippen LogP contribution in [0, 0.1) is 0 Å². The van der Waals surface area contributed by atoms with E-state index in [1.165, 1.54) is 12.8 Å². The van der Waals surface area contributed by atoms with Crippen molar-refractivity contribution in [1.29, 1.82) is 0 Å². The molecule has 0 bridgehead atoms. The quantitative estimate of drug-likeness (QED) is 0.868. The van der Waals surface area contributed by atoms with Gasteiger partial charge in [0.1, 0.15) is 10.7 Å². The largest absolute Gasteiger partial charge is 0.481 e. The van der Waals surface area contributed by atoms with E-state index >= 15 is 0 Å². The Hall–Kier alpha value is -1.62. The van der Waals surface area contributed by atoms with E-state index in [2.05, 4.69) is 0 Å². The Morgan fingerprint density at radius 3 is 2.57 bits per heavy atom. The van der Waals surface area contributed by atoms with Crippen LogP contribution >= 0.6 is 12.2 Å². The van der Waals surface area contributed by atoms with Gasteiger partial charge in [0.05, 0.1) is 0 Å². The van der Waals surface area contributed by atoms with E-state index in [9.17, 15) is 4.79 Å². The fourth-order valence-corrected chi connectivity index (χ4v) is 2.65. The minimum absolute atomic E-state index is 0.0534. The van der Waals surface area contributed by atoms with Crippen molar-refractivity contribution in [1.82, 2.24) is 4.90 Å². The Morgan fingerprint density at radius 2 is 1.95 bits per heavy atom. The predicted octanol–water partition coefficient (Wildman–Crippen LogP) is 2.49. The number of rotatable bonds is 4. The number of carbonyl (C=O) groups excluding carboxylic acids is 1. The molecule has 1 aromatic carbocycles. The van der Waals surface area contributed by atoms with Gasteiger partial charge in [0.25, 0.3) is 5.91 Å². The summed E-state index contributed by atoms with van der Waals surface area (Å²) < 4.78 is 5.75. The third kappa shape index (κ3) is 4.43.